The minimum Gasteiger partial charge on any atom is -0.341 e. The lowest BCUT2D eigenvalue weighted by atomic mass is 10.2. The van der Waals surface area contributed by atoms with E-state index in [2.05, 4.69) is 0 Å². The third kappa shape index (κ3) is 4.26. The third-order valence-corrected chi connectivity index (χ3v) is 2.38. The topological polar surface area (TPSA) is 37.4 Å². The number of nitrogens with zero attached hydrogens (tertiary/aromatic N) is 1. The van der Waals surface area contributed by atoms with Gasteiger partial charge in [-0.2, -0.15) is 0 Å². The summed E-state index contributed by atoms with van der Waals surface area (Å²) in [7, 11) is 1.76. The van der Waals surface area contributed by atoms with Gasteiger partial charge in [-0.05, 0) is 12.5 Å². The number of hydrogen-bond acceptors (Lipinski definition) is 2. The average Bonchev–Trinajstić information content (AvgIpc) is 2.27. The van der Waals surface area contributed by atoms with E-state index in [1.807, 2.05) is 30.3 Å². The highest BCUT2D eigenvalue weighted by molar-refractivity contribution is 5.83. The fraction of sp³-hybridized carbons (Fsp3) is 0.385. The van der Waals surface area contributed by atoms with Crippen LogP contribution >= 0.6 is 0 Å². The number of ketones is 1. The Balaban J connectivity index is 2.43. The molecule has 0 radical (unpaired) electrons. The molecule has 0 atom stereocenters. The quantitative estimate of drug-likeness (QED) is 0.759. The zero-order chi connectivity index (χ0) is 12.0. The molecule has 0 aliphatic carbocycles. The minimum absolute atomic E-state index is 0.0130. The van der Waals surface area contributed by atoms with E-state index < -0.39 is 0 Å². The van der Waals surface area contributed by atoms with Gasteiger partial charge >= 0.3 is 0 Å². The van der Waals surface area contributed by atoms with Gasteiger partial charge in [-0.15, -0.1) is 0 Å². The molecule has 1 aromatic rings. The van der Waals surface area contributed by atoms with Crippen LogP contribution in [-0.4, -0.2) is 23.6 Å². The normalized spacial score (nSPS) is 9.88. The van der Waals surface area contributed by atoms with Crippen LogP contribution in [-0.2, 0) is 16.1 Å². The molecule has 0 aromatic heterocycles. The van der Waals surface area contributed by atoms with Gasteiger partial charge in [0.2, 0.25) is 5.91 Å². The number of amides is 1. The molecule has 3 nitrogen and oxygen atoms in total. The molecule has 0 bridgehead atoms. The molecule has 0 N–H and O–H groups in total. The van der Waals surface area contributed by atoms with Gasteiger partial charge in [0.25, 0.3) is 0 Å². The Morgan fingerprint density at radius 1 is 1.12 bits per heavy atom. The molecular formula is C13H17NO2. The molecule has 0 aliphatic heterocycles. The maximum atomic E-state index is 11.6. The van der Waals surface area contributed by atoms with E-state index in [1.54, 1.807) is 11.9 Å². The van der Waals surface area contributed by atoms with Crippen LogP contribution in [0.3, 0.4) is 0 Å². The minimum atomic E-state index is 0.0130. The lowest BCUT2D eigenvalue weighted by Crippen LogP contribution is -2.26. The van der Waals surface area contributed by atoms with E-state index in [0.717, 1.165) is 5.56 Å². The van der Waals surface area contributed by atoms with Crippen LogP contribution in [0, 0.1) is 0 Å². The molecule has 3 heteroatoms. The molecule has 0 saturated heterocycles. The highest BCUT2D eigenvalue weighted by Gasteiger charge is 2.09. The van der Waals surface area contributed by atoms with Crippen molar-refractivity contribution >= 4 is 11.7 Å². The fourth-order valence-corrected chi connectivity index (χ4v) is 1.42. The molecule has 0 spiro atoms. The number of carbonyl (C=O) groups is 2. The van der Waals surface area contributed by atoms with E-state index in [9.17, 15) is 9.59 Å². The molecule has 0 fully saturated rings. The summed E-state index contributed by atoms with van der Waals surface area (Å²) in [6.07, 6.45) is 0.636. The maximum absolute atomic E-state index is 11.6. The second-order valence-corrected chi connectivity index (χ2v) is 3.94. The van der Waals surface area contributed by atoms with Crippen molar-refractivity contribution in [3.05, 3.63) is 35.9 Å². The molecular weight excluding hydrogens is 202 g/mol. The summed E-state index contributed by atoms with van der Waals surface area (Å²) in [6.45, 7) is 2.10. The number of hydrogen-bond donors (Lipinski definition) is 0. The van der Waals surface area contributed by atoms with Crippen LogP contribution in [0.1, 0.15) is 25.3 Å². The largest absolute Gasteiger partial charge is 0.341 e. The van der Waals surface area contributed by atoms with Crippen molar-refractivity contribution in [2.45, 2.75) is 26.3 Å². The SMILES string of the molecule is CC(=O)CCC(=O)N(C)Cc1ccccc1. The van der Waals surface area contributed by atoms with Gasteiger partial charge in [0.15, 0.2) is 0 Å². The van der Waals surface area contributed by atoms with E-state index >= 15 is 0 Å². The Morgan fingerprint density at radius 2 is 1.75 bits per heavy atom. The van der Waals surface area contributed by atoms with Crippen LogP contribution in [0.15, 0.2) is 30.3 Å². The number of carbonyl (C=O) groups excluding carboxylic acids is 2. The first-order chi connectivity index (χ1) is 7.59. The second-order valence-electron chi connectivity index (χ2n) is 3.94. The van der Waals surface area contributed by atoms with Gasteiger partial charge in [-0.1, -0.05) is 30.3 Å². The van der Waals surface area contributed by atoms with Gasteiger partial charge in [-0.25, -0.2) is 0 Å². The van der Waals surface area contributed by atoms with Crippen molar-refractivity contribution in [1.29, 1.82) is 0 Å². The summed E-state index contributed by atoms with van der Waals surface area (Å²) in [5.41, 5.74) is 1.10. The standard InChI is InChI=1S/C13H17NO2/c1-11(15)8-9-13(16)14(2)10-12-6-4-3-5-7-12/h3-7H,8-10H2,1-2H3. The van der Waals surface area contributed by atoms with Crippen LogP contribution in [0.2, 0.25) is 0 Å². The summed E-state index contributed by atoms with van der Waals surface area (Å²) in [6, 6.07) is 9.80. The van der Waals surface area contributed by atoms with E-state index in [4.69, 9.17) is 0 Å². The van der Waals surface area contributed by atoms with Gasteiger partial charge in [0, 0.05) is 26.4 Å². The van der Waals surface area contributed by atoms with Crippen molar-refractivity contribution in [3.8, 4) is 0 Å². The Hall–Kier alpha value is -1.64. The lowest BCUT2D eigenvalue weighted by molar-refractivity contribution is -0.132. The first-order valence-corrected chi connectivity index (χ1v) is 5.37. The first kappa shape index (κ1) is 12.4. The number of rotatable bonds is 5. The second kappa shape index (κ2) is 6.05. The Labute approximate surface area is 96.1 Å². The van der Waals surface area contributed by atoms with Crippen LogP contribution in [0.5, 0.6) is 0 Å². The zero-order valence-electron chi connectivity index (χ0n) is 9.77. The Bertz CT molecular complexity index is 359. The van der Waals surface area contributed by atoms with E-state index in [0.29, 0.717) is 19.4 Å². The van der Waals surface area contributed by atoms with Gasteiger partial charge in [0.05, 0.1) is 0 Å². The Kier molecular flexibility index (Phi) is 4.70. The van der Waals surface area contributed by atoms with Crippen LogP contribution in [0.4, 0.5) is 0 Å². The van der Waals surface area contributed by atoms with E-state index in [1.165, 1.54) is 6.92 Å². The molecule has 0 aliphatic rings. The smallest absolute Gasteiger partial charge is 0.223 e. The van der Waals surface area contributed by atoms with Crippen molar-refractivity contribution in [2.75, 3.05) is 7.05 Å². The molecule has 16 heavy (non-hydrogen) atoms. The summed E-state index contributed by atoms with van der Waals surface area (Å²) in [5.74, 6) is 0.0699. The highest BCUT2D eigenvalue weighted by Crippen LogP contribution is 2.05. The molecule has 1 aromatic carbocycles. The molecule has 0 unspecified atom stereocenters. The molecule has 0 saturated carbocycles. The van der Waals surface area contributed by atoms with Gasteiger partial charge in [-0.3, -0.25) is 4.79 Å². The summed E-state index contributed by atoms with van der Waals surface area (Å²) >= 11 is 0. The van der Waals surface area contributed by atoms with E-state index in [-0.39, 0.29) is 11.7 Å². The van der Waals surface area contributed by atoms with Crippen molar-refractivity contribution in [3.63, 3.8) is 0 Å². The maximum Gasteiger partial charge on any atom is 0.223 e. The molecule has 0 heterocycles. The predicted octanol–water partition coefficient (Wildman–Crippen LogP) is 2.01. The van der Waals surface area contributed by atoms with Crippen LogP contribution in [0.25, 0.3) is 0 Å². The van der Waals surface area contributed by atoms with Gasteiger partial charge in [0.1, 0.15) is 5.78 Å². The summed E-state index contributed by atoms with van der Waals surface area (Å²) < 4.78 is 0. The molecule has 1 rings (SSSR count). The summed E-state index contributed by atoms with van der Waals surface area (Å²) in [5, 5.41) is 0. The van der Waals surface area contributed by atoms with Crippen molar-refractivity contribution in [1.82, 2.24) is 4.90 Å². The van der Waals surface area contributed by atoms with Crippen LogP contribution < -0.4 is 0 Å². The lowest BCUT2D eigenvalue weighted by Gasteiger charge is -2.16. The van der Waals surface area contributed by atoms with Crippen molar-refractivity contribution < 1.29 is 9.59 Å². The zero-order valence-corrected chi connectivity index (χ0v) is 9.77. The monoisotopic (exact) mass is 219 g/mol. The average molecular weight is 219 g/mol. The Morgan fingerprint density at radius 3 is 2.31 bits per heavy atom. The molecule has 86 valence electrons. The highest BCUT2D eigenvalue weighted by atomic mass is 16.2. The molecule has 1 amide bonds. The van der Waals surface area contributed by atoms with Gasteiger partial charge < -0.3 is 9.69 Å². The first-order valence-electron chi connectivity index (χ1n) is 5.37. The predicted molar refractivity (Wildman–Crippen MR) is 62.8 cm³/mol. The van der Waals surface area contributed by atoms with Crippen molar-refractivity contribution in [2.24, 2.45) is 0 Å². The number of Topliss-reactive ketones (excluding diaryl/α,β-unsaturated/α-hetero) is 1. The third-order valence-electron chi connectivity index (χ3n) is 2.38. The number of benzene rings is 1. The summed E-state index contributed by atoms with van der Waals surface area (Å²) in [4.78, 5) is 24.0. The fourth-order valence-electron chi connectivity index (χ4n) is 1.42.